The van der Waals surface area contributed by atoms with Crippen LogP contribution >= 0.6 is 11.3 Å². The normalized spacial score (nSPS) is 15.9. The van der Waals surface area contributed by atoms with Gasteiger partial charge in [-0.2, -0.15) is 13.9 Å². The molecule has 3 aromatic rings. The smallest absolute Gasteiger partial charge is 0.289 e. The number of aryl methyl sites for hydroxylation is 1. The minimum atomic E-state index is -3.20. The summed E-state index contributed by atoms with van der Waals surface area (Å²) in [6, 6.07) is 9.62. The van der Waals surface area contributed by atoms with Gasteiger partial charge in [0.15, 0.2) is 0 Å². The number of carbonyl (C=O) groups is 2. The first kappa shape index (κ1) is 26.7. The SMILES string of the molecule is C=CC(=O)N1Cc2sc(C)cc2[C@H](c2ccccc2-c2cn(C(C)(C)CNC(C)=O)nc2C(C)(F)F)C1. The van der Waals surface area contributed by atoms with Gasteiger partial charge in [0.2, 0.25) is 11.8 Å². The highest BCUT2D eigenvalue weighted by Crippen LogP contribution is 2.44. The molecule has 1 aliphatic heterocycles. The Kier molecular flexibility index (Phi) is 7.12. The maximum atomic E-state index is 14.9. The van der Waals surface area contributed by atoms with E-state index in [-0.39, 0.29) is 30.0 Å². The van der Waals surface area contributed by atoms with Crippen LogP contribution in [0.4, 0.5) is 8.78 Å². The van der Waals surface area contributed by atoms with Gasteiger partial charge in [-0.1, -0.05) is 30.8 Å². The minimum absolute atomic E-state index is 0.160. The van der Waals surface area contributed by atoms with Crippen molar-refractivity contribution in [2.75, 3.05) is 13.1 Å². The van der Waals surface area contributed by atoms with Gasteiger partial charge in [0.1, 0.15) is 5.69 Å². The number of rotatable bonds is 7. The first-order valence-corrected chi connectivity index (χ1v) is 13.0. The van der Waals surface area contributed by atoms with Crippen molar-refractivity contribution in [3.8, 4) is 11.1 Å². The average Bonchev–Trinajstić information content (AvgIpc) is 3.45. The van der Waals surface area contributed by atoms with Crippen LogP contribution in [0, 0.1) is 6.92 Å². The fourth-order valence-corrected chi connectivity index (χ4v) is 5.91. The van der Waals surface area contributed by atoms with E-state index in [1.54, 1.807) is 22.4 Å². The second-order valence-electron chi connectivity index (χ2n) is 10.2. The fraction of sp³-hybridized carbons (Fsp3) is 0.393. The monoisotopic (exact) mass is 526 g/mol. The first-order valence-electron chi connectivity index (χ1n) is 12.1. The Balaban J connectivity index is 1.87. The summed E-state index contributed by atoms with van der Waals surface area (Å²) in [5.41, 5.74) is 1.88. The molecule has 0 saturated heterocycles. The molecule has 1 N–H and O–H groups in total. The molecular formula is C28H32F2N4O2S. The van der Waals surface area contributed by atoms with E-state index in [1.807, 2.05) is 45.0 Å². The number of fused-ring (bicyclic) bond motifs is 1. The molecule has 6 nitrogen and oxygen atoms in total. The molecule has 1 aliphatic rings. The largest absolute Gasteiger partial charge is 0.354 e. The van der Waals surface area contributed by atoms with E-state index in [0.717, 1.165) is 27.8 Å². The van der Waals surface area contributed by atoms with Crippen molar-refractivity contribution in [1.29, 1.82) is 0 Å². The predicted molar refractivity (Wildman–Crippen MR) is 142 cm³/mol. The summed E-state index contributed by atoms with van der Waals surface area (Å²) in [6.07, 6.45) is 2.95. The van der Waals surface area contributed by atoms with Crippen LogP contribution in [-0.4, -0.2) is 39.6 Å². The summed E-state index contributed by atoms with van der Waals surface area (Å²) in [6.45, 7) is 12.8. The number of carbonyl (C=O) groups excluding carboxylic acids is 2. The highest BCUT2D eigenvalue weighted by atomic mass is 32.1. The topological polar surface area (TPSA) is 67.2 Å². The Hall–Kier alpha value is -3.33. The maximum Gasteiger partial charge on any atom is 0.289 e. The Bertz CT molecular complexity index is 1350. The van der Waals surface area contributed by atoms with Gasteiger partial charge in [0.25, 0.3) is 5.92 Å². The van der Waals surface area contributed by atoms with Crippen molar-refractivity contribution in [3.63, 3.8) is 0 Å². The van der Waals surface area contributed by atoms with E-state index in [0.29, 0.717) is 24.2 Å². The standard InChI is InChI=1S/C28H32F2N4O2S/c1-7-25(36)33-13-22(21-12-17(2)37-24(21)15-33)19-10-8-9-11-20(19)23-14-34(32-26(23)28(6,29)30)27(4,5)16-31-18(3)35/h7-12,14,22H,1,13,15-16H2,2-6H3,(H,31,35)/t22-/m0/s1. The summed E-state index contributed by atoms with van der Waals surface area (Å²) in [4.78, 5) is 28.1. The third kappa shape index (κ3) is 5.37. The van der Waals surface area contributed by atoms with E-state index < -0.39 is 11.5 Å². The number of aromatic nitrogens is 2. The maximum absolute atomic E-state index is 14.9. The second-order valence-corrected chi connectivity index (χ2v) is 11.6. The van der Waals surface area contributed by atoms with Crippen LogP contribution in [0.5, 0.6) is 0 Å². The molecular weight excluding hydrogens is 494 g/mol. The summed E-state index contributed by atoms with van der Waals surface area (Å²) in [5, 5.41) is 7.10. The molecule has 2 amide bonds. The van der Waals surface area contributed by atoms with E-state index in [1.165, 1.54) is 17.7 Å². The van der Waals surface area contributed by atoms with Crippen LogP contribution < -0.4 is 5.32 Å². The Morgan fingerprint density at radius 1 is 1.22 bits per heavy atom. The number of amides is 2. The number of nitrogens with one attached hydrogen (secondary N) is 1. The molecule has 4 rings (SSSR count). The molecule has 37 heavy (non-hydrogen) atoms. The second kappa shape index (κ2) is 9.85. The molecule has 3 heterocycles. The zero-order chi connectivity index (χ0) is 27.1. The van der Waals surface area contributed by atoms with Crippen LogP contribution in [0.25, 0.3) is 11.1 Å². The van der Waals surface area contributed by atoms with Crippen molar-refractivity contribution >= 4 is 23.2 Å². The third-order valence-electron chi connectivity index (χ3n) is 6.71. The van der Waals surface area contributed by atoms with Crippen molar-refractivity contribution < 1.29 is 18.4 Å². The van der Waals surface area contributed by atoms with Crippen molar-refractivity contribution in [2.24, 2.45) is 0 Å². The Morgan fingerprint density at radius 3 is 2.57 bits per heavy atom. The van der Waals surface area contributed by atoms with Crippen LogP contribution in [-0.2, 0) is 27.6 Å². The van der Waals surface area contributed by atoms with Crippen LogP contribution in [0.2, 0.25) is 0 Å². The first-order chi connectivity index (χ1) is 17.3. The molecule has 0 bridgehead atoms. The summed E-state index contributed by atoms with van der Waals surface area (Å²) in [7, 11) is 0. The molecule has 1 aromatic carbocycles. The highest BCUT2D eigenvalue weighted by Gasteiger charge is 2.37. The molecule has 196 valence electrons. The molecule has 0 aliphatic carbocycles. The molecule has 0 radical (unpaired) electrons. The third-order valence-corrected chi connectivity index (χ3v) is 7.76. The molecule has 1 atom stereocenters. The average molecular weight is 527 g/mol. The number of benzene rings is 1. The summed E-state index contributed by atoms with van der Waals surface area (Å²) < 4.78 is 31.4. The summed E-state index contributed by atoms with van der Waals surface area (Å²) in [5.74, 6) is -3.75. The molecule has 2 aromatic heterocycles. The number of thiophene rings is 1. The van der Waals surface area contributed by atoms with Gasteiger partial charge in [-0.3, -0.25) is 14.3 Å². The van der Waals surface area contributed by atoms with Crippen molar-refractivity contribution in [3.05, 3.63) is 75.8 Å². The molecule has 0 fully saturated rings. The molecule has 0 spiro atoms. The van der Waals surface area contributed by atoms with Gasteiger partial charge in [0.05, 0.1) is 12.1 Å². The van der Waals surface area contributed by atoms with E-state index >= 15 is 0 Å². The molecule has 0 saturated carbocycles. The number of halogens is 2. The number of alkyl halides is 2. The van der Waals surface area contributed by atoms with Crippen LogP contribution in [0.3, 0.4) is 0 Å². The fourth-order valence-electron chi connectivity index (χ4n) is 4.79. The van der Waals surface area contributed by atoms with Gasteiger partial charge in [-0.25, -0.2) is 0 Å². The van der Waals surface area contributed by atoms with Crippen molar-refractivity contribution in [2.45, 2.75) is 58.5 Å². The van der Waals surface area contributed by atoms with Gasteiger partial charge < -0.3 is 10.2 Å². The number of hydrogen-bond donors (Lipinski definition) is 1. The Labute approximate surface area is 220 Å². The van der Waals surface area contributed by atoms with Gasteiger partial charge in [-0.15, -0.1) is 11.3 Å². The highest BCUT2D eigenvalue weighted by molar-refractivity contribution is 7.12. The lowest BCUT2D eigenvalue weighted by molar-refractivity contribution is -0.127. The van der Waals surface area contributed by atoms with Gasteiger partial charge >= 0.3 is 0 Å². The zero-order valence-electron chi connectivity index (χ0n) is 21.8. The lowest BCUT2D eigenvalue weighted by Crippen LogP contribution is -2.40. The number of nitrogens with zero attached hydrogens (tertiary/aromatic N) is 3. The zero-order valence-corrected chi connectivity index (χ0v) is 22.6. The van der Waals surface area contributed by atoms with Crippen LogP contribution in [0.1, 0.15) is 60.2 Å². The van der Waals surface area contributed by atoms with Crippen molar-refractivity contribution in [1.82, 2.24) is 20.0 Å². The summed E-state index contributed by atoms with van der Waals surface area (Å²) >= 11 is 1.65. The Morgan fingerprint density at radius 2 is 1.92 bits per heavy atom. The van der Waals surface area contributed by atoms with E-state index in [2.05, 4.69) is 23.1 Å². The lowest BCUT2D eigenvalue weighted by Gasteiger charge is -2.33. The molecule has 0 unspecified atom stereocenters. The lowest BCUT2D eigenvalue weighted by atomic mass is 9.83. The minimum Gasteiger partial charge on any atom is -0.354 e. The predicted octanol–water partition coefficient (Wildman–Crippen LogP) is 5.56. The van der Waals surface area contributed by atoms with E-state index in [9.17, 15) is 18.4 Å². The van der Waals surface area contributed by atoms with E-state index in [4.69, 9.17) is 0 Å². The van der Waals surface area contributed by atoms with Gasteiger partial charge in [0, 0.05) is 54.4 Å². The van der Waals surface area contributed by atoms with Crippen LogP contribution in [0.15, 0.2) is 49.2 Å². The quantitative estimate of drug-likeness (QED) is 0.410. The number of hydrogen-bond acceptors (Lipinski definition) is 4. The van der Waals surface area contributed by atoms with Gasteiger partial charge in [-0.05, 0) is 49.6 Å². The molecule has 9 heteroatoms.